The number of carboxylic acids is 1. The van der Waals surface area contributed by atoms with E-state index in [1.54, 1.807) is 20.8 Å². The number of hydrogen-bond acceptors (Lipinski definition) is 9. The lowest BCUT2D eigenvalue weighted by Crippen LogP contribution is -2.62. The standard InChI is InChI=1S/C19H30O10/c1-6-12(20)27-15-11(9-10(4)18(23)24)26-19(25-5)17(29-14(22)8-3)16(15)28-13(21)7-2/h10-11,15-17,19H,6-9H2,1-5H3,(H,23,24)/t10?,11-,15+,16+,17-,19+/m1/s1. The van der Waals surface area contributed by atoms with E-state index >= 15 is 0 Å². The number of rotatable bonds is 10. The largest absolute Gasteiger partial charge is 0.481 e. The van der Waals surface area contributed by atoms with Gasteiger partial charge in [-0.3, -0.25) is 19.2 Å². The zero-order chi connectivity index (χ0) is 22.1. The number of ether oxygens (including phenoxy) is 5. The van der Waals surface area contributed by atoms with E-state index in [-0.39, 0.29) is 25.7 Å². The summed E-state index contributed by atoms with van der Waals surface area (Å²) in [6.07, 6.45) is -5.55. The third-order valence-corrected chi connectivity index (χ3v) is 4.50. The van der Waals surface area contributed by atoms with Gasteiger partial charge in [0.05, 0.1) is 5.92 Å². The fourth-order valence-corrected chi connectivity index (χ4v) is 2.81. The molecule has 0 spiro atoms. The smallest absolute Gasteiger partial charge is 0.306 e. The average molecular weight is 418 g/mol. The highest BCUT2D eigenvalue weighted by Crippen LogP contribution is 2.32. The molecule has 0 amide bonds. The first kappa shape index (κ1) is 24.8. The molecule has 0 saturated carbocycles. The molecule has 0 aliphatic carbocycles. The van der Waals surface area contributed by atoms with Crippen LogP contribution < -0.4 is 0 Å². The molecule has 1 aliphatic rings. The lowest BCUT2D eigenvalue weighted by Gasteiger charge is -2.44. The zero-order valence-corrected chi connectivity index (χ0v) is 17.4. The molecule has 0 bridgehead atoms. The second kappa shape index (κ2) is 11.7. The predicted molar refractivity (Wildman–Crippen MR) is 97.6 cm³/mol. The van der Waals surface area contributed by atoms with Gasteiger partial charge < -0.3 is 28.8 Å². The number of aliphatic carboxylic acids is 1. The molecule has 166 valence electrons. The minimum absolute atomic E-state index is 0.0358. The third kappa shape index (κ3) is 6.97. The molecule has 0 aromatic rings. The molecule has 10 heteroatoms. The number of carbonyl (C=O) groups is 4. The van der Waals surface area contributed by atoms with Gasteiger partial charge in [0.25, 0.3) is 0 Å². The second-order valence-electron chi connectivity index (χ2n) is 6.68. The summed E-state index contributed by atoms with van der Waals surface area (Å²) in [6.45, 7) is 6.23. The summed E-state index contributed by atoms with van der Waals surface area (Å²) in [4.78, 5) is 47.3. The van der Waals surface area contributed by atoms with Crippen molar-refractivity contribution in [3.8, 4) is 0 Å². The van der Waals surface area contributed by atoms with Gasteiger partial charge in [0.2, 0.25) is 0 Å². The maximum atomic E-state index is 12.0. The van der Waals surface area contributed by atoms with E-state index in [2.05, 4.69) is 0 Å². The van der Waals surface area contributed by atoms with Crippen molar-refractivity contribution in [1.29, 1.82) is 0 Å². The van der Waals surface area contributed by atoms with Gasteiger partial charge in [0, 0.05) is 26.4 Å². The lowest BCUT2D eigenvalue weighted by molar-refractivity contribution is -0.300. The van der Waals surface area contributed by atoms with E-state index in [9.17, 15) is 24.3 Å². The number of methoxy groups -OCH3 is 1. The van der Waals surface area contributed by atoms with Gasteiger partial charge in [-0.2, -0.15) is 0 Å². The minimum atomic E-state index is -1.21. The third-order valence-electron chi connectivity index (χ3n) is 4.50. The summed E-state index contributed by atoms with van der Waals surface area (Å²) in [5.74, 6) is -3.69. The van der Waals surface area contributed by atoms with Crippen molar-refractivity contribution in [2.24, 2.45) is 5.92 Å². The molecule has 1 N–H and O–H groups in total. The van der Waals surface area contributed by atoms with Crippen LogP contribution in [0.15, 0.2) is 0 Å². The molecule has 1 rings (SSSR count). The maximum absolute atomic E-state index is 12.0. The van der Waals surface area contributed by atoms with Gasteiger partial charge in [-0.25, -0.2) is 0 Å². The van der Waals surface area contributed by atoms with Gasteiger partial charge >= 0.3 is 23.9 Å². The summed E-state index contributed by atoms with van der Waals surface area (Å²) in [5.41, 5.74) is 0. The highest BCUT2D eigenvalue weighted by Gasteiger charge is 2.52. The van der Waals surface area contributed by atoms with Gasteiger partial charge in [-0.1, -0.05) is 27.7 Å². The maximum Gasteiger partial charge on any atom is 0.306 e. The molecule has 10 nitrogen and oxygen atoms in total. The van der Waals surface area contributed by atoms with Crippen LogP contribution >= 0.6 is 0 Å². The van der Waals surface area contributed by atoms with Crippen molar-refractivity contribution >= 4 is 23.9 Å². The lowest BCUT2D eigenvalue weighted by atomic mass is 9.91. The van der Waals surface area contributed by atoms with Crippen molar-refractivity contribution in [2.45, 2.75) is 84.1 Å². The fraction of sp³-hybridized carbons (Fsp3) is 0.789. The Morgan fingerprint density at radius 2 is 1.31 bits per heavy atom. The monoisotopic (exact) mass is 418 g/mol. The Morgan fingerprint density at radius 1 is 0.862 bits per heavy atom. The first-order valence-corrected chi connectivity index (χ1v) is 9.67. The molecular formula is C19H30O10. The van der Waals surface area contributed by atoms with Gasteiger partial charge in [0.1, 0.15) is 6.10 Å². The fourth-order valence-electron chi connectivity index (χ4n) is 2.81. The number of hydrogen-bond donors (Lipinski definition) is 1. The second-order valence-corrected chi connectivity index (χ2v) is 6.68. The highest BCUT2D eigenvalue weighted by atomic mass is 16.7. The molecule has 0 aromatic carbocycles. The van der Waals surface area contributed by atoms with Gasteiger partial charge in [-0.05, 0) is 6.42 Å². The quantitative estimate of drug-likeness (QED) is 0.410. The van der Waals surface area contributed by atoms with Crippen LogP contribution in [0.2, 0.25) is 0 Å². The van der Waals surface area contributed by atoms with Gasteiger partial charge in [-0.15, -0.1) is 0 Å². The Balaban J connectivity index is 3.33. The van der Waals surface area contributed by atoms with E-state index in [1.807, 2.05) is 0 Å². The molecule has 6 atom stereocenters. The van der Waals surface area contributed by atoms with E-state index < -0.39 is 60.5 Å². The van der Waals surface area contributed by atoms with Crippen LogP contribution in [0, 0.1) is 5.92 Å². The highest BCUT2D eigenvalue weighted by molar-refractivity contribution is 5.71. The first-order chi connectivity index (χ1) is 13.7. The Labute approximate surface area is 169 Å². The van der Waals surface area contributed by atoms with Crippen molar-refractivity contribution in [2.75, 3.05) is 7.11 Å². The number of esters is 3. The SMILES string of the molecule is CCC(=O)O[C@H]1[C@@H](OC(=O)CC)[C@@H](CC(C)C(=O)O)O[C@H](OC)[C@@H]1OC(=O)CC. The molecule has 1 saturated heterocycles. The normalized spacial score (nSPS) is 27.6. The Hall–Kier alpha value is -2.20. The van der Waals surface area contributed by atoms with Gasteiger partial charge in [0.15, 0.2) is 24.6 Å². The van der Waals surface area contributed by atoms with E-state index in [0.717, 1.165) is 0 Å². The van der Waals surface area contributed by atoms with Crippen LogP contribution in [-0.4, -0.2) is 66.8 Å². The van der Waals surface area contributed by atoms with Crippen LogP contribution in [-0.2, 0) is 42.9 Å². The number of carboxylic acid groups (broad SMARTS) is 1. The van der Waals surface area contributed by atoms with E-state index in [4.69, 9.17) is 23.7 Å². The van der Waals surface area contributed by atoms with Crippen molar-refractivity contribution < 1.29 is 48.0 Å². The molecule has 1 aliphatic heterocycles. The molecule has 1 heterocycles. The Kier molecular flexibility index (Phi) is 10.0. The Morgan fingerprint density at radius 3 is 1.72 bits per heavy atom. The molecule has 1 unspecified atom stereocenters. The summed E-state index contributed by atoms with van der Waals surface area (Å²) in [6, 6.07) is 0. The van der Waals surface area contributed by atoms with Crippen molar-refractivity contribution in [3.05, 3.63) is 0 Å². The molecule has 0 radical (unpaired) electrons. The summed E-state index contributed by atoms with van der Waals surface area (Å²) < 4.78 is 27.3. The summed E-state index contributed by atoms with van der Waals surface area (Å²) in [7, 11) is 1.31. The van der Waals surface area contributed by atoms with Crippen LogP contribution in [0.5, 0.6) is 0 Å². The average Bonchev–Trinajstić information content (AvgIpc) is 2.70. The predicted octanol–water partition coefficient (Wildman–Crippen LogP) is 1.43. The molecule has 29 heavy (non-hydrogen) atoms. The number of carbonyl (C=O) groups excluding carboxylic acids is 3. The van der Waals surface area contributed by atoms with Crippen LogP contribution in [0.25, 0.3) is 0 Å². The molecule has 0 aromatic heterocycles. The minimum Gasteiger partial charge on any atom is -0.481 e. The van der Waals surface area contributed by atoms with E-state index in [0.29, 0.717) is 0 Å². The topological polar surface area (TPSA) is 135 Å². The molecular weight excluding hydrogens is 388 g/mol. The summed E-state index contributed by atoms with van der Waals surface area (Å²) in [5, 5.41) is 9.25. The van der Waals surface area contributed by atoms with E-state index in [1.165, 1.54) is 14.0 Å². The first-order valence-electron chi connectivity index (χ1n) is 9.67. The summed E-state index contributed by atoms with van der Waals surface area (Å²) >= 11 is 0. The van der Waals surface area contributed by atoms with Crippen LogP contribution in [0.1, 0.15) is 53.4 Å². The Bertz CT molecular complexity index is 590. The van der Waals surface area contributed by atoms with Crippen LogP contribution in [0.4, 0.5) is 0 Å². The van der Waals surface area contributed by atoms with Crippen LogP contribution in [0.3, 0.4) is 0 Å². The van der Waals surface area contributed by atoms with Crippen molar-refractivity contribution in [1.82, 2.24) is 0 Å². The van der Waals surface area contributed by atoms with Crippen molar-refractivity contribution in [3.63, 3.8) is 0 Å². The zero-order valence-electron chi connectivity index (χ0n) is 17.4. The molecule has 1 fully saturated rings.